The van der Waals surface area contributed by atoms with E-state index in [1.165, 1.54) is 24.8 Å². The van der Waals surface area contributed by atoms with Crippen LogP contribution in [-0.2, 0) is 6.42 Å². The van der Waals surface area contributed by atoms with Gasteiger partial charge in [0.2, 0.25) is 0 Å². The van der Waals surface area contributed by atoms with Crippen LogP contribution in [0.5, 0.6) is 0 Å². The maximum absolute atomic E-state index is 6.30. The van der Waals surface area contributed by atoms with Gasteiger partial charge in [0.05, 0.1) is 0 Å². The van der Waals surface area contributed by atoms with E-state index in [4.69, 9.17) is 23.2 Å². The average Bonchev–Trinajstić information content (AvgIpc) is 2.34. The van der Waals surface area contributed by atoms with Crippen molar-refractivity contribution in [3.8, 4) is 0 Å². The largest absolute Gasteiger partial charge is 0.0888 e. The Morgan fingerprint density at radius 3 is 2.63 bits per heavy atom. The molecule has 19 heavy (non-hydrogen) atoms. The summed E-state index contributed by atoms with van der Waals surface area (Å²) in [6, 6.07) is 5.86. The lowest BCUT2D eigenvalue weighted by Gasteiger charge is -2.35. The molecule has 1 aliphatic carbocycles. The van der Waals surface area contributed by atoms with Gasteiger partial charge in [0.25, 0.3) is 0 Å². The molecule has 0 saturated heterocycles. The minimum Gasteiger partial charge on any atom is -0.0888 e. The van der Waals surface area contributed by atoms with Crippen molar-refractivity contribution >= 4 is 39.1 Å². The Kier molecular flexibility index (Phi) is 5.63. The first-order valence-electron chi connectivity index (χ1n) is 7.05. The van der Waals surface area contributed by atoms with Crippen molar-refractivity contribution in [2.24, 2.45) is 17.8 Å². The Labute approximate surface area is 135 Å². The van der Waals surface area contributed by atoms with Gasteiger partial charge in [-0.1, -0.05) is 59.0 Å². The zero-order valence-corrected chi connectivity index (χ0v) is 14.6. The molecule has 0 aromatic heterocycles. The van der Waals surface area contributed by atoms with Gasteiger partial charge < -0.3 is 0 Å². The molecule has 1 aromatic carbocycles. The fourth-order valence-corrected chi connectivity index (χ4v) is 4.20. The molecule has 1 aliphatic rings. The van der Waals surface area contributed by atoms with Crippen molar-refractivity contribution in [1.29, 1.82) is 0 Å². The van der Waals surface area contributed by atoms with Crippen LogP contribution < -0.4 is 0 Å². The van der Waals surface area contributed by atoms with Crippen LogP contribution in [0, 0.1) is 17.8 Å². The van der Waals surface area contributed by atoms with Crippen LogP contribution in [0.4, 0.5) is 0 Å². The summed E-state index contributed by atoms with van der Waals surface area (Å²) in [5.74, 6) is 2.31. The molecule has 0 amide bonds. The smallest absolute Gasteiger partial charge is 0.0452 e. The number of rotatable bonds is 3. The number of alkyl halides is 1. The fourth-order valence-electron chi connectivity index (χ4n) is 3.05. The van der Waals surface area contributed by atoms with Crippen molar-refractivity contribution in [1.82, 2.24) is 0 Å². The molecule has 0 N–H and O–H groups in total. The molecule has 0 spiro atoms. The van der Waals surface area contributed by atoms with Crippen molar-refractivity contribution < 1.29 is 0 Å². The maximum Gasteiger partial charge on any atom is 0.0452 e. The lowest BCUT2D eigenvalue weighted by Crippen LogP contribution is -2.29. The summed E-state index contributed by atoms with van der Waals surface area (Å²) in [6.45, 7) is 4.68. The van der Waals surface area contributed by atoms with E-state index in [2.05, 4.69) is 35.8 Å². The highest BCUT2D eigenvalue weighted by molar-refractivity contribution is 9.09. The standard InChI is InChI=1S/C16H21BrCl2/c1-10(2)11-4-6-15(17)13(7-11)8-12-3-5-14(18)9-16(12)19/h3,5,9-11,13,15H,4,6-8H2,1-2H3. The Morgan fingerprint density at radius 2 is 2.00 bits per heavy atom. The van der Waals surface area contributed by atoms with E-state index < -0.39 is 0 Å². The molecular weight excluding hydrogens is 343 g/mol. The topological polar surface area (TPSA) is 0 Å². The Hall–Kier alpha value is 0.280. The molecule has 3 unspecified atom stereocenters. The molecule has 2 rings (SSSR count). The summed E-state index contributed by atoms with van der Waals surface area (Å²) in [5, 5.41) is 1.52. The zero-order valence-electron chi connectivity index (χ0n) is 11.5. The van der Waals surface area contributed by atoms with E-state index in [1.807, 2.05) is 12.1 Å². The van der Waals surface area contributed by atoms with Gasteiger partial charge in [-0.2, -0.15) is 0 Å². The summed E-state index contributed by atoms with van der Waals surface area (Å²) in [5.41, 5.74) is 1.23. The lowest BCUT2D eigenvalue weighted by atomic mass is 9.74. The lowest BCUT2D eigenvalue weighted by molar-refractivity contribution is 0.223. The Bertz CT molecular complexity index is 431. The van der Waals surface area contributed by atoms with Crippen LogP contribution in [0.3, 0.4) is 0 Å². The summed E-state index contributed by atoms with van der Waals surface area (Å²) >= 11 is 16.1. The summed E-state index contributed by atoms with van der Waals surface area (Å²) in [4.78, 5) is 0.620. The summed E-state index contributed by atoms with van der Waals surface area (Å²) < 4.78 is 0. The van der Waals surface area contributed by atoms with Crippen molar-refractivity contribution in [2.45, 2.75) is 44.4 Å². The maximum atomic E-state index is 6.30. The molecule has 3 heteroatoms. The van der Waals surface area contributed by atoms with Gasteiger partial charge in [0, 0.05) is 14.9 Å². The van der Waals surface area contributed by atoms with E-state index in [0.717, 1.165) is 23.3 Å². The fraction of sp³-hybridized carbons (Fsp3) is 0.625. The molecule has 1 fully saturated rings. The van der Waals surface area contributed by atoms with E-state index in [0.29, 0.717) is 15.8 Å². The quantitative estimate of drug-likeness (QED) is 0.547. The van der Waals surface area contributed by atoms with Crippen LogP contribution >= 0.6 is 39.1 Å². The number of hydrogen-bond donors (Lipinski definition) is 0. The molecule has 0 aliphatic heterocycles. The van der Waals surface area contributed by atoms with Gasteiger partial charge in [-0.05, 0) is 61.1 Å². The monoisotopic (exact) mass is 362 g/mol. The first-order valence-corrected chi connectivity index (χ1v) is 8.72. The predicted molar refractivity (Wildman–Crippen MR) is 88.6 cm³/mol. The van der Waals surface area contributed by atoms with Gasteiger partial charge >= 0.3 is 0 Å². The molecule has 0 bridgehead atoms. The molecule has 106 valence electrons. The molecule has 3 atom stereocenters. The normalized spacial score (nSPS) is 27.8. The SMILES string of the molecule is CC(C)C1CCC(Br)C(Cc2ccc(Cl)cc2Cl)C1. The first-order chi connectivity index (χ1) is 8.97. The van der Waals surface area contributed by atoms with Crippen LogP contribution in [0.1, 0.15) is 38.7 Å². The number of halogens is 3. The van der Waals surface area contributed by atoms with Gasteiger partial charge in [0.1, 0.15) is 0 Å². The highest BCUT2D eigenvalue weighted by atomic mass is 79.9. The van der Waals surface area contributed by atoms with Gasteiger partial charge in [0.15, 0.2) is 0 Å². The molecule has 1 saturated carbocycles. The van der Waals surface area contributed by atoms with Gasteiger partial charge in [-0.3, -0.25) is 0 Å². The second-order valence-electron chi connectivity index (χ2n) is 6.03. The summed E-state index contributed by atoms with van der Waals surface area (Å²) in [7, 11) is 0. The highest BCUT2D eigenvalue weighted by Crippen LogP contribution is 2.39. The summed E-state index contributed by atoms with van der Waals surface area (Å²) in [6.07, 6.45) is 4.97. The molecular formula is C16H21BrCl2. The number of hydrogen-bond acceptors (Lipinski definition) is 0. The second kappa shape index (κ2) is 6.83. The van der Waals surface area contributed by atoms with E-state index in [9.17, 15) is 0 Å². The zero-order chi connectivity index (χ0) is 14.0. The third kappa shape index (κ3) is 4.12. The van der Waals surface area contributed by atoms with E-state index in [-0.39, 0.29) is 0 Å². The van der Waals surface area contributed by atoms with Crippen molar-refractivity contribution in [3.63, 3.8) is 0 Å². The number of benzene rings is 1. The molecule has 0 nitrogen and oxygen atoms in total. The Morgan fingerprint density at radius 1 is 1.26 bits per heavy atom. The van der Waals surface area contributed by atoms with Crippen LogP contribution in [0.15, 0.2) is 18.2 Å². The second-order valence-corrected chi connectivity index (χ2v) is 8.05. The van der Waals surface area contributed by atoms with E-state index >= 15 is 0 Å². The average molecular weight is 364 g/mol. The van der Waals surface area contributed by atoms with Crippen LogP contribution in [-0.4, -0.2) is 4.83 Å². The van der Waals surface area contributed by atoms with Crippen LogP contribution in [0.25, 0.3) is 0 Å². The Balaban J connectivity index is 2.07. The first kappa shape index (κ1) is 15.7. The minimum atomic E-state index is 0.620. The third-order valence-electron chi connectivity index (χ3n) is 4.37. The predicted octanol–water partition coefficient (Wildman–Crippen LogP) is 6.37. The minimum absolute atomic E-state index is 0.620. The molecule has 0 radical (unpaired) electrons. The van der Waals surface area contributed by atoms with Crippen molar-refractivity contribution in [2.75, 3.05) is 0 Å². The molecule has 1 aromatic rings. The van der Waals surface area contributed by atoms with Crippen molar-refractivity contribution in [3.05, 3.63) is 33.8 Å². The van der Waals surface area contributed by atoms with Gasteiger partial charge in [-0.25, -0.2) is 0 Å². The molecule has 0 heterocycles. The highest BCUT2D eigenvalue weighted by Gasteiger charge is 2.30. The van der Waals surface area contributed by atoms with Gasteiger partial charge in [-0.15, -0.1) is 0 Å². The third-order valence-corrected chi connectivity index (χ3v) is 6.16. The van der Waals surface area contributed by atoms with E-state index in [1.54, 1.807) is 0 Å². The van der Waals surface area contributed by atoms with Crippen LogP contribution in [0.2, 0.25) is 10.0 Å².